The van der Waals surface area contributed by atoms with Crippen LogP contribution in [-0.4, -0.2) is 63.5 Å². The minimum absolute atomic E-state index is 0.325. The third kappa shape index (κ3) is 7.43. The van der Waals surface area contributed by atoms with Gasteiger partial charge in [-0.15, -0.1) is 0 Å². The van der Waals surface area contributed by atoms with E-state index in [-0.39, 0.29) is 5.82 Å². The summed E-state index contributed by atoms with van der Waals surface area (Å²) < 4.78 is 216. The average Bonchev–Trinajstić information content (AvgIpc) is 3.31. The van der Waals surface area contributed by atoms with E-state index < -0.39 is 71.4 Å². The molecule has 1 aliphatic rings. The fourth-order valence-electron chi connectivity index (χ4n) is 5.04. The molecule has 1 aromatic carbocycles. The number of hydrogen-bond acceptors (Lipinski definition) is 5. The van der Waals surface area contributed by atoms with Crippen LogP contribution in [0.1, 0.15) is 57.6 Å². The van der Waals surface area contributed by atoms with Gasteiger partial charge in [0.1, 0.15) is 17.2 Å². The van der Waals surface area contributed by atoms with Gasteiger partial charge in [0.15, 0.2) is 17.6 Å². The summed E-state index contributed by atoms with van der Waals surface area (Å²) in [5.41, 5.74) is -0.921. The number of halogens is 15. The summed E-state index contributed by atoms with van der Waals surface area (Å²) >= 11 is 0. The zero-order chi connectivity index (χ0) is 39.0. The van der Waals surface area contributed by atoms with Gasteiger partial charge in [0.05, 0.1) is 13.0 Å². The molecule has 2 aromatic heterocycles. The lowest BCUT2D eigenvalue weighted by Crippen LogP contribution is -2.70. The van der Waals surface area contributed by atoms with Crippen LogP contribution in [0.25, 0.3) is 22.6 Å². The molecular formula is C32H28F15N3O2. The minimum atomic E-state index is -8.16. The summed E-state index contributed by atoms with van der Waals surface area (Å²) in [4.78, 5) is 11.5. The van der Waals surface area contributed by atoms with Crippen LogP contribution in [0, 0.1) is 0 Å². The number of pyridine rings is 1. The van der Waals surface area contributed by atoms with Crippen molar-refractivity contribution in [1.82, 2.24) is 15.0 Å². The topological polar surface area (TPSA) is 57.1 Å². The quantitative estimate of drug-likeness (QED) is 0.107. The number of ether oxygens (including phenoxy) is 2. The molecule has 52 heavy (non-hydrogen) atoms. The Morgan fingerprint density at radius 1 is 0.673 bits per heavy atom. The molecule has 0 N–H and O–H groups in total. The van der Waals surface area contributed by atoms with Crippen molar-refractivity contribution >= 4 is 0 Å². The van der Waals surface area contributed by atoms with Gasteiger partial charge in [-0.05, 0) is 36.2 Å². The standard InChI is InChI=1S/C32H28F15N3O2/c1-2-3-4-5-6-7-14-51-20-10-8-18(9-11-20)19-16-48-25(49-17-19)21-12-13-22-24(50-21)27(35,36)23(52-22)15-26(33,34)28(37,38)29(39,40)30(41,42)31(43,44)32(45,46)47/h8-13,16-17,23H,2-7,14-15H2,1H3. The third-order valence-corrected chi connectivity index (χ3v) is 8.12. The van der Waals surface area contributed by atoms with E-state index in [1.165, 1.54) is 18.8 Å². The first-order chi connectivity index (χ1) is 23.9. The molecule has 3 aromatic rings. The Labute approximate surface area is 285 Å². The van der Waals surface area contributed by atoms with Crippen molar-refractivity contribution in [3.8, 4) is 34.1 Å². The smallest absolute Gasteiger partial charge is 0.460 e. The number of fused-ring (bicyclic) bond motifs is 1. The van der Waals surface area contributed by atoms with Crippen molar-refractivity contribution in [2.45, 2.75) is 99.7 Å². The molecule has 0 fully saturated rings. The van der Waals surface area contributed by atoms with Gasteiger partial charge in [0.2, 0.25) is 0 Å². The highest BCUT2D eigenvalue weighted by atomic mass is 19.4. The molecule has 0 saturated carbocycles. The van der Waals surface area contributed by atoms with Crippen LogP contribution in [0.5, 0.6) is 11.5 Å². The third-order valence-electron chi connectivity index (χ3n) is 8.12. The van der Waals surface area contributed by atoms with Crippen LogP contribution in [0.15, 0.2) is 48.8 Å². The largest absolute Gasteiger partial charge is 0.494 e. The summed E-state index contributed by atoms with van der Waals surface area (Å²) in [5.74, 6) is -44.4. The summed E-state index contributed by atoms with van der Waals surface area (Å²) in [6, 6.07) is 8.37. The molecule has 288 valence electrons. The van der Waals surface area contributed by atoms with Gasteiger partial charge < -0.3 is 9.47 Å². The zero-order valence-corrected chi connectivity index (χ0v) is 26.7. The van der Waals surface area contributed by atoms with Crippen LogP contribution in [0.2, 0.25) is 0 Å². The fourth-order valence-corrected chi connectivity index (χ4v) is 5.04. The van der Waals surface area contributed by atoms with Gasteiger partial charge in [-0.25, -0.2) is 15.0 Å². The van der Waals surface area contributed by atoms with Gasteiger partial charge in [0, 0.05) is 18.0 Å². The van der Waals surface area contributed by atoms with Crippen molar-refractivity contribution in [3.63, 3.8) is 0 Å². The molecular weight excluding hydrogens is 743 g/mol. The number of hydrogen-bond donors (Lipinski definition) is 0. The molecule has 3 heterocycles. The maximum absolute atomic E-state index is 15.1. The number of alkyl halides is 15. The molecule has 1 aliphatic heterocycles. The molecule has 4 rings (SSSR count). The van der Waals surface area contributed by atoms with Gasteiger partial charge in [0.25, 0.3) is 0 Å². The second-order valence-corrected chi connectivity index (χ2v) is 11.9. The summed E-state index contributed by atoms with van der Waals surface area (Å²) in [7, 11) is 0. The Kier molecular flexibility index (Phi) is 11.3. The Hall–Kier alpha value is -4.00. The van der Waals surface area contributed by atoms with E-state index in [0.717, 1.165) is 38.2 Å². The Morgan fingerprint density at radius 2 is 1.23 bits per heavy atom. The van der Waals surface area contributed by atoms with Crippen LogP contribution in [0.3, 0.4) is 0 Å². The Bertz CT molecular complexity index is 1660. The minimum Gasteiger partial charge on any atom is -0.494 e. The van der Waals surface area contributed by atoms with Gasteiger partial charge in [-0.2, -0.15) is 65.9 Å². The first-order valence-corrected chi connectivity index (χ1v) is 15.5. The predicted molar refractivity (Wildman–Crippen MR) is 153 cm³/mol. The summed E-state index contributed by atoms with van der Waals surface area (Å²) in [6.07, 6.45) is -5.35. The number of aromatic nitrogens is 3. The number of rotatable bonds is 16. The first-order valence-electron chi connectivity index (χ1n) is 15.5. The lowest BCUT2D eigenvalue weighted by molar-refractivity contribution is -0.441. The first kappa shape index (κ1) is 40.8. The molecule has 0 amide bonds. The molecule has 1 unspecified atom stereocenters. The number of nitrogens with zero attached hydrogens (tertiary/aromatic N) is 3. The van der Waals surface area contributed by atoms with Crippen molar-refractivity contribution in [3.05, 3.63) is 54.5 Å². The molecule has 1 atom stereocenters. The highest BCUT2D eigenvalue weighted by Gasteiger charge is 2.91. The highest BCUT2D eigenvalue weighted by molar-refractivity contribution is 5.64. The zero-order valence-electron chi connectivity index (χ0n) is 26.7. The second kappa shape index (κ2) is 14.4. The second-order valence-electron chi connectivity index (χ2n) is 11.9. The molecule has 20 heteroatoms. The van der Waals surface area contributed by atoms with E-state index in [1.54, 1.807) is 24.3 Å². The van der Waals surface area contributed by atoms with Crippen molar-refractivity contribution in [2.75, 3.05) is 6.61 Å². The van der Waals surface area contributed by atoms with Gasteiger partial charge in [-0.3, -0.25) is 0 Å². The lowest BCUT2D eigenvalue weighted by atomic mass is 9.90. The monoisotopic (exact) mass is 771 g/mol. The van der Waals surface area contributed by atoms with E-state index >= 15 is 8.78 Å². The molecule has 0 saturated heterocycles. The van der Waals surface area contributed by atoms with E-state index in [0.29, 0.717) is 29.5 Å². The molecule has 0 spiro atoms. The Morgan fingerprint density at radius 3 is 1.81 bits per heavy atom. The highest BCUT2D eigenvalue weighted by Crippen LogP contribution is 2.61. The lowest BCUT2D eigenvalue weighted by Gasteiger charge is -2.40. The van der Waals surface area contributed by atoms with Crippen LogP contribution >= 0.6 is 0 Å². The summed E-state index contributed by atoms with van der Waals surface area (Å²) in [6.45, 7) is 2.65. The molecule has 0 aliphatic carbocycles. The fraction of sp³-hybridized carbons (Fsp3) is 0.531. The molecule has 0 bridgehead atoms. The maximum atomic E-state index is 15.1. The molecule has 0 radical (unpaired) electrons. The number of unbranched alkanes of at least 4 members (excludes halogenated alkanes) is 5. The van der Waals surface area contributed by atoms with Crippen molar-refractivity contribution in [1.29, 1.82) is 0 Å². The SMILES string of the molecule is CCCCCCCCOc1ccc(-c2cnc(-c3ccc4c(n3)C(F)(F)C(CC(F)(F)C(F)(F)C(F)(F)C(F)(F)C(F)(F)C(F)(F)F)O4)nc2)cc1. The van der Waals surface area contributed by atoms with Gasteiger partial charge >= 0.3 is 41.7 Å². The van der Waals surface area contributed by atoms with Crippen LogP contribution in [-0.2, 0) is 5.92 Å². The normalized spacial score (nSPS) is 16.8. The average molecular weight is 772 g/mol. The predicted octanol–water partition coefficient (Wildman–Crippen LogP) is 10.9. The van der Waals surface area contributed by atoms with Gasteiger partial charge in [-0.1, -0.05) is 51.2 Å². The Balaban J connectivity index is 1.46. The van der Waals surface area contributed by atoms with Crippen LogP contribution < -0.4 is 9.47 Å². The molecule has 5 nitrogen and oxygen atoms in total. The van der Waals surface area contributed by atoms with E-state index in [1.807, 2.05) is 0 Å². The van der Waals surface area contributed by atoms with Crippen LogP contribution in [0.4, 0.5) is 65.9 Å². The van der Waals surface area contributed by atoms with E-state index in [4.69, 9.17) is 4.74 Å². The number of benzene rings is 1. The van der Waals surface area contributed by atoms with Crippen molar-refractivity contribution in [2.24, 2.45) is 0 Å². The van der Waals surface area contributed by atoms with Crippen molar-refractivity contribution < 1.29 is 75.3 Å². The van der Waals surface area contributed by atoms with E-state index in [2.05, 4.69) is 26.6 Å². The summed E-state index contributed by atoms with van der Waals surface area (Å²) in [5, 5.41) is 0. The maximum Gasteiger partial charge on any atom is 0.460 e. The van der Waals surface area contributed by atoms with E-state index in [9.17, 15) is 57.1 Å².